The highest BCUT2D eigenvalue weighted by Gasteiger charge is 2.21. The Bertz CT molecular complexity index is 893. The third kappa shape index (κ3) is 3.50. The molecule has 1 N–H and O–H groups in total. The van der Waals surface area contributed by atoms with Crippen molar-refractivity contribution in [3.05, 3.63) is 64.7 Å². The van der Waals surface area contributed by atoms with Crippen LogP contribution in [0.15, 0.2) is 36.9 Å². The number of benzene rings is 2. The molecular weight excluding hydrogens is 320 g/mol. The summed E-state index contributed by atoms with van der Waals surface area (Å²) in [5, 5.41) is 9.56. The summed E-state index contributed by atoms with van der Waals surface area (Å²) < 4.78 is 4.79. The van der Waals surface area contributed by atoms with Gasteiger partial charge >= 0.3 is 11.9 Å². The van der Waals surface area contributed by atoms with Crippen molar-refractivity contribution in [2.45, 2.75) is 13.8 Å². The standard InChI is InChI=1S/C20H18O5/c1-5-13-9-17(19(22)23)16(8-11(13)2)15-7-6-14(12(3)21)10-18(15)20(24)25-4/h5-10H,1H2,2-4H3,(H,22,23). The summed E-state index contributed by atoms with van der Waals surface area (Å²) in [5.74, 6) is -1.96. The summed E-state index contributed by atoms with van der Waals surface area (Å²) in [6, 6.07) is 7.76. The molecule has 0 heterocycles. The van der Waals surface area contributed by atoms with Crippen molar-refractivity contribution in [2.24, 2.45) is 0 Å². The van der Waals surface area contributed by atoms with Crippen LogP contribution in [0.3, 0.4) is 0 Å². The van der Waals surface area contributed by atoms with Crippen molar-refractivity contribution < 1.29 is 24.2 Å². The van der Waals surface area contributed by atoms with E-state index >= 15 is 0 Å². The number of Topliss-reactive ketones (excluding diaryl/α,β-unsaturated/α-hetero) is 1. The van der Waals surface area contributed by atoms with E-state index < -0.39 is 11.9 Å². The Morgan fingerprint density at radius 3 is 2.28 bits per heavy atom. The van der Waals surface area contributed by atoms with E-state index in [2.05, 4.69) is 6.58 Å². The molecular formula is C20H18O5. The molecule has 2 rings (SSSR count). The molecule has 0 radical (unpaired) electrons. The van der Waals surface area contributed by atoms with Gasteiger partial charge in [-0.2, -0.15) is 0 Å². The minimum atomic E-state index is -1.12. The molecule has 25 heavy (non-hydrogen) atoms. The van der Waals surface area contributed by atoms with Crippen LogP contribution in [0.25, 0.3) is 17.2 Å². The van der Waals surface area contributed by atoms with E-state index in [0.29, 0.717) is 22.3 Å². The number of carboxylic acid groups (broad SMARTS) is 1. The SMILES string of the molecule is C=Cc1cc(C(=O)O)c(-c2ccc(C(C)=O)cc2C(=O)OC)cc1C. The lowest BCUT2D eigenvalue weighted by Gasteiger charge is -2.14. The second-order valence-electron chi connectivity index (χ2n) is 5.57. The lowest BCUT2D eigenvalue weighted by molar-refractivity contribution is 0.0600. The van der Waals surface area contributed by atoms with Crippen molar-refractivity contribution in [3.8, 4) is 11.1 Å². The van der Waals surface area contributed by atoms with Gasteiger partial charge in [0.1, 0.15) is 0 Å². The number of carbonyl (C=O) groups excluding carboxylic acids is 2. The molecule has 2 aromatic carbocycles. The highest BCUT2D eigenvalue weighted by atomic mass is 16.5. The number of aryl methyl sites for hydroxylation is 1. The number of hydrogen-bond acceptors (Lipinski definition) is 4. The lowest BCUT2D eigenvalue weighted by Crippen LogP contribution is -2.08. The van der Waals surface area contributed by atoms with Gasteiger partial charge in [0.05, 0.1) is 18.2 Å². The molecule has 0 aliphatic rings. The summed E-state index contributed by atoms with van der Waals surface area (Å²) >= 11 is 0. The zero-order chi connectivity index (χ0) is 18.7. The van der Waals surface area contributed by atoms with Gasteiger partial charge in [-0.05, 0) is 54.3 Å². The van der Waals surface area contributed by atoms with Gasteiger partial charge < -0.3 is 9.84 Å². The summed E-state index contributed by atoms with van der Waals surface area (Å²) in [6.45, 7) is 6.90. The Hall–Kier alpha value is -3.21. The van der Waals surface area contributed by atoms with Gasteiger partial charge in [-0.3, -0.25) is 4.79 Å². The average Bonchev–Trinajstić information content (AvgIpc) is 2.59. The molecule has 0 atom stereocenters. The Morgan fingerprint density at radius 1 is 1.08 bits per heavy atom. The number of rotatable bonds is 5. The van der Waals surface area contributed by atoms with Crippen molar-refractivity contribution in [2.75, 3.05) is 7.11 Å². The molecule has 0 amide bonds. The van der Waals surface area contributed by atoms with Crippen LogP contribution in [0.4, 0.5) is 0 Å². The Labute approximate surface area is 145 Å². The maximum atomic E-state index is 12.2. The predicted molar refractivity (Wildman–Crippen MR) is 95.0 cm³/mol. The number of esters is 1. The fourth-order valence-electron chi connectivity index (χ4n) is 2.62. The van der Waals surface area contributed by atoms with Crippen LogP contribution in [-0.4, -0.2) is 29.9 Å². The Balaban J connectivity index is 2.83. The van der Waals surface area contributed by atoms with Gasteiger partial charge in [0.25, 0.3) is 0 Å². The number of ether oxygens (including phenoxy) is 1. The molecule has 0 aromatic heterocycles. The maximum absolute atomic E-state index is 12.2. The zero-order valence-electron chi connectivity index (χ0n) is 14.3. The summed E-state index contributed by atoms with van der Waals surface area (Å²) in [7, 11) is 1.23. The number of hydrogen-bond donors (Lipinski definition) is 1. The van der Waals surface area contributed by atoms with E-state index in [1.54, 1.807) is 24.3 Å². The highest BCUT2D eigenvalue weighted by Crippen LogP contribution is 2.31. The smallest absolute Gasteiger partial charge is 0.338 e. The molecule has 0 aliphatic carbocycles. The van der Waals surface area contributed by atoms with Crippen LogP contribution in [0, 0.1) is 6.92 Å². The van der Waals surface area contributed by atoms with Crippen molar-refractivity contribution >= 4 is 23.8 Å². The first-order chi connectivity index (χ1) is 11.8. The van der Waals surface area contributed by atoms with Gasteiger partial charge in [0.15, 0.2) is 5.78 Å². The molecule has 0 saturated carbocycles. The van der Waals surface area contributed by atoms with E-state index in [9.17, 15) is 19.5 Å². The van der Waals surface area contributed by atoms with Crippen molar-refractivity contribution in [1.82, 2.24) is 0 Å². The topological polar surface area (TPSA) is 80.7 Å². The molecule has 0 aliphatic heterocycles. The number of carbonyl (C=O) groups is 3. The van der Waals surface area contributed by atoms with E-state index in [-0.39, 0.29) is 16.9 Å². The third-order valence-corrected chi connectivity index (χ3v) is 3.98. The highest BCUT2D eigenvalue weighted by molar-refractivity contribution is 6.05. The first-order valence-electron chi connectivity index (χ1n) is 7.54. The summed E-state index contributed by atoms with van der Waals surface area (Å²) in [5.41, 5.74) is 2.83. The van der Waals surface area contributed by atoms with Crippen LogP contribution < -0.4 is 0 Å². The summed E-state index contributed by atoms with van der Waals surface area (Å²) in [6.07, 6.45) is 1.58. The quantitative estimate of drug-likeness (QED) is 0.658. The monoisotopic (exact) mass is 338 g/mol. The molecule has 0 bridgehead atoms. The van der Waals surface area contributed by atoms with Crippen LogP contribution in [0.1, 0.15) is 49.1 Å². The molecule has 5 heteroatoms. The van der Waals surface area contributed by atoms with Crippen molar-refractivity contribution in [1.29, 1.82) is 0 Å². The van der Waals surface area contributed by atoms with E-state index in [0.717, 1.165) is 5.56 Å². The van der Waals surface area contributed by atoms with E-state index in [1.165, 1.54) is 26.2 Å². The normalized spacial score (nSPS) is 10.2. The van der Waals surface area contributed by atoms with Crippen LogP contribution in [0.5, 0.6) is 0 Å². The lowest BCUT2D eigenvalue weighted by atomic mass is 9.90. The molecule has 5 nitrogen and oxygen atoms in total. The van der Waals surface area contributed by atoms with Gasteiger partial charge in [0, 0.05) is 5.56 Å². The largest absolute Gasteiger partial charge is 0.478 e. The minimum Gasteiger partial charge on any atom is -0.478 e. The first kappa shape index (κ1) is 18.1. The minimum absolute atomic E-state index is 0.0428. The zero-order valence-corrected chi connectivity index (χ0v) is 14.3. The first-order valence-corrected chi connectivity index (χ1v) is 7.54. The van der Waals surface area contributed by atoms with Crippen LogP contribution >= 0.6 is 0 Å². The van der Waals surface area contributed by atoms with Gasteiger partial charge in [0.2, 0.25) is 0 Å². The third-order valence-electron chi connectivity index (χ3n) is 3.98. The molecule has 128 valence electrons. The molecule has 0 unspecified atom stereocenters. The Morgan fingerprint density at radius 2 is 1.76 bits per heavy atom. The molecule has 0 spiro atoms. The molecule has 2 aromatic rings. The predicted octanol–water partition coefficient (Wildman–Crippen LogP) is 3.99. The van der Waals surface area contributed by atoms with Gasteiger partial charge in [-0.25, -0.2) is 9.59 Å². The van der Waals surface area contributed by atoms with Gasteiger partial charge in [-0.1, -0.05) is 24.8 Å². The van der Waals surface area contributed by atoms with Crippen molar-refractivity contribution in [3.63, 3.8) is 0 Å². The number of aromatic carboxylic acids is 1. The van der Waals surface area contributed by atoms with E-state index in [4.69, 9.17) is 4.74 Å². The second kappa shape index (κ2) is 7.13. The second-order valence-corrected chi connectivity index (χ2v) is 5.57. The molecule has 0 saturated heterocycles. The van der Waals surface area contributed by atoms with Gasteiger partial charge in [-0.15, -0.1) is 0 Å². The average molecular weight is 338 g/mol. The maximum Gasteiger partial charge on any atom is 0.338 e. The van der Waals surface area contributed by atoms with E-state index in [1.807, 2.05) is 6.92 Å². The molecule has 0 fully saturated rings. The fraction of sp³-hybridized carbons (Fsp3) is 0.150. The summed E-state index contributed by atoms with van der Waals surface area (Å²) in [4.78, 5) is 35.5. The number of methoxy groups -OCH3 is 1. The number of carboxylic acids is 1. The fourth-order valence-corrected chi connectivity index (χ4v) is 2.62. The number of ketones is 1. The van der Waals surface area contributed by atoms with Crippen LogP contribution in [-0.2, 0) is 4.74 Å². The van der Waals surface area contributed by atoms with Crippen LogP contribution in [0.2, 0.25) is 0 Å². The Kier molecular flexibility index (Phi) is 5.17.